The quantitative estimate of drug-likeness (QED) is 0.205. The molecule has 0 bridgehead atoms. The summed E-state index contributed by atoms with van der Waals surface area (Å²) in [5, 5.41) is 1.38. The molecule has 3 heterocycles. The number of esters is 1. The molecule has 2 amide bonds. The summed E-state index contributed by atoms with van der Waals surface area (Å²) in [6.07, 6.45) is -0.275. The monoisotopic (exact) mass is 862 g/mol. The minimum Gasteiger partial charge on any atom is -0.497 e. The number of hydrogen-bond donors (Lipinski definition) is 1. The topological polar surface area (TPSA) is 162 Å². The van der Waals surface area contributed by atoms with Gasteiger partial charge < -0.3 is 24.0 Å². The number of benzene rings is 1. The van der Waals surface area contributed by atoms with Gasteiger partial charge in [0.1, 0.15) is 17.7 Å². The fourth-order valence-electron chi connectivity index (χ4n) is 8.44. The molecule has 17 heteroatoms. The zero-order valence-corrected chi connectivity index (χ0v) is 36.4. The molecule has 0 spiro atoms. The summed E-state index contributed by atoms with van der Waals surface area (Å²) < 4.78 is 86.1. The molecule has 1 N–H and O–H groups in total. The third-order valence-corrected chi connectivity index (χ3v) is 15.1. The van der Waals surface area contributed by atoms with E-state index in [1.807, 2.05) is 45.3 Å². The highest BCUT2D eigenvalue weighted by molar-refractivity contribution is 7.91. The lowest BCUT2D eigenvalue weighted by molar-refractivity contribution is -0.257. The summed E-state index contributed by atoms with van der Waals surface area (Å²) in [6, 6.07) is 6.03. The van der Waals surface area contributed by atoms with Gasteiger partial charge in [-0.15, -0.1) is 0 Å². The number of sulfonamides is 1. The van der Waals surface area contributed by atoms with Gasteiger partial charge in [0.15, 0.2) is 5.78 Å². The van der Waals surface area contributed by atoms with E-state index in [4.69, 9.17) is 19.2 Å². The molecule has 330 valence electrons. The maximum atomic E-state index is 14.9. The Bertz CT molecular complexity index is 2160. The number of aromatic nitrogens is 1. The number of carbonyl (C=O) groups excluding carboxylic acids is 4. The Labute approximate surface area is 349 Å². The molecule has 13 nitrogen and oxygen atoms in total. The number of amides is 2. The summed E-state index contributed by atoms with van der Waals surface area (Å²) >= 11 is 0. The van der Waals surface area contributed by atoms with Crippen molar-refractivity contribution in [2.24, 2.45) is 29.1 Å². The Hall–Kier alpha value is -4.41. The molecular formula is C43H57F3N4O9S. The number of nitrogens with one attached hydrogen (secondary N) is 1. The predicted molar refractivity (Wildman–Crippen MR) is 218 cm³/mol. The number of nitrogens with zero attached hydrogens (tertiary/aromatic N) is 3. The summed E-state index contributed by atoms with van der Waals surface area (Å²) in [5.74, 6) is -3.83. The second kappa shape index (κ2) is 16.5. The van der Waals surface area contributed by atoms with Crippen molar-refractivity contribution < 1.29 is 55.0 Å². The molecule has 2 saturated carbocycles. The number of alkyl halides is 3. The van der Waals surface area contributed by atoms with E-state index in [1.54, 1.807) is 38.0 Å². The first-order valence-corrected chi connectivity index (χ1v) is 22.1. The van der Waals surface area contributed by atoms with Gasteiger partial charge in [-0.25, -0.2) is 8.42 Å². The third-order valence-electron chi connectivity index (χ3n) is 13.0. The zero-order valence-electron chi connectivity index (χ0n) is 35.6. The van der Waals surface area contributed by atoms with Crippen LogP contribution >= 0.6 is 0 Å². The van der Waals surface area contributed by atoms with E-state index in [0.717, 1.165) is 19.2 Å². The fourth-order valence-corrected chi connectivity index (χ4v) is 9.78. The van der Waals surface area contributed by atoms with Crippen molar-refractivity contribution in [3.8, 4) is 11.6 Å². The number of allylic oxidation sites excluding steroid dienone is 2. The Kier molecular flexibility index (Phi) is 12.4. The van der Waals surface area contributed by atoms with Gasteiger partial charge in [0.2, 0.25) is 33.3 Å². The molecule has 0 radical (unpaired) electrons. The summed E-state index contributed by atoms with van der Waals surface area (Å²) in [4.78, 5) is 64.9. The van der Waals surface area contributed by atoms with Crippen molar-refractivity contribution in [1.29, 1.82) is 0 Å². The van der Waals surface area contributed by atoms with Gasteiger partial charge in [-0.1, -0.05) is 26.0 Å². The van der Waals surface area contributed by atoms with Gasteiger partial charge in [0.25, 0.3) is 0 Å². The first kappa shape index (κ1) is 45.1. The molecule has 1 aromatic heterocycles. The van der Waals surface area contributed by atoms with Crippen LogP contribution < -0.4 is 19.1 Å². The van der Waals surface area contributed by atoms with E-state index >= 15 is 0 Å². The predicted octanol–water partition coefficient (Wildman–Crippen LogP) is 6.52. The Morgan fingerprint density at radius 1 is 1.08 bits per heavy atom. The molecular weight excluding hydrogens is 806 g/mol. The molecule has 6 rings (SSSR count). The van der Waals surface area contributed by atoms with Crippen LogP contribution in [0.25, 0.3) is 10.8 Å². The van der Waals surface area contributed by atoms with Crippen molar-refractivity contribution in [3.05, 3.63) is 36.4 Å². The van der Waals surface area contributed by atoms with Crippen LogP contribution in [0.3, 0.4) is 0 Å². The summed E-state index contributed by atoms with van der Waals surface area (Å²) in [7, 11) is 1.13. The van der Waals surface area contributed by atoms with E-state index in [1.165, 1.54) is 4.90 Å². The molecule has 2 aliphatic carbocycles. The van der Waals surface area contributed by atoms with Crippen LogP contribution in [0, 0.1) is 29.1 Å². The minimum absolute atomic E-state index is 0.0124. The van der Waals surface area contributed by atoms with Crippen LogP contribution in [-0.2, 0) is 33.9 Å². The van der Waals surface area contributed by atoms with Crippen LogP contribution in [-0.4, -0.2) is 98.3 Å². The lowest BCUT2D eigenvalue weighted by Gasteiger charge is -2.33. The number of Topliss-reactive ketones (excluding diaryl/α,β-unsaturated/α-hetero) is 1. The van der Waals surface area contributed by atoms with Crippen molar-refractivity contribution in [3.63, 3.8) is 0 Å². The maximum Gasteiger partial charge on any atom is 0.427 e. The van der Waals surface area contributed by atoms with Crippen LogP contribution in [0.1, 0.15) is 92.4 Å². The Morgan fingerprint density at radius 3 is 2.42 bits per heavy atom. The number of pyridine rings is 1. The average Bonchev–Trinajstić information content (AvgIpc) is 4.04. The largest absolute Gasteiger partial charge is 0.497 e. The van der Waals surface area contributed by atoms with Crippen LogP contribution in [0.4, 0.5) is 19.0 Å². The number of carbonyl (C=O) groups is 4. The highest BCUT2D eigenvalue weighted by atomic mass is 32.2. The molecule has 1 saturated heterocycles. The minimum atomic E-state index is -4.87. The first-order valence-electron chi connectivity index (χ1n) is 20.6. The molecule has 2 aliphatic heterocycles. The van der Waals surface area contributed by atoms with Crippen LogP contribution in [0.5, 0.6) is 11.6 Å². The van der Waals surface area contributed by atoms with E-state index in [-0.39, 0.29) is 37.6 Å². The van der Waals surface area contributed by atoms with Gasteiger partial charge >= 0.3 is 12.1 Å². The van der Waals surface area contributed by atoms with E-state index in [2.05, 4.69) is 4.72 Å². The molecule has 1 aromatic carbocycles. The number of ether oxygens (including phenoxy) is 3. The Balaban J connectivity index is 1.38. The summed E-state index contributed by atoms with van der Waals surface area (Å²) in [6.45, 7) is 6.65. The summed E-state index contributed by atoms with van der Waals surface area (Å²) in [5.41, 5.74) is -4.20. The van der Waals surface area contributed by atoms with Crippen molar-refractivity contribution in [2.45, 2.75) is 121 Å². The molecule has 60 heavy (non-hydrogen) atoms. The molecule has 3 fully saturated rings. The van der Waals surface area contributed by atoms with E-state index < -0.39 is 91.8 Å². The van der Waals surface area contributed by atoms with Gasteiger partial charge in [-0.05, 0) is 107 Å². The average molecular weight is 863 g/mol. The molecule has 0 unspecified atom stereocenters. The molecule has 7 atom stereocenters. The van der Waals surface area contributed by atoms with Crippen LogP contribution in [0.2, 0.25) is 0 Å². The third kappa shape index (κ3) is 9.25. The number of methoxy groups -OCH3 is 1. The standard InChI is InChI=1S/C43H57F3N4O9S/c1-25-11-9-10-12-28-22-42(28,39(54)48-60(55,56)41(5)15-16-41)23-34(51)33-20-30(58-37-31-14-13-29(57-8)18-27(31)19-35(47-37)49(6)7)24-50(33)38(53)32(26(2)17-25)21-36(52)59-40(3,4)43(44,45)46/h10,12-14,18-19,25-26,28,30,32-33H,9,11,15-17,20-24H2,1-8H3,(H,48,54)/b12-10-/t25-,26+,28+,30+,32-,33-,42+/m0/s1. The normalized spacial score (nSPS) is 29.0. The first-order chi connectivity index (χ1) is 27.9. The highest BCUT2D eigenvalue weighted by Crippen LogP contribution is 2.58. The van der Waals surface area contributed by atoms with Crippen molar-refractivity contribution >= 4 is 50.2 Å². The van der Waals surface area contributed by atoms with Gasteiger partial charge in [0.05, 0.1) is 42.2 Å². The number of fused-ring (bicyclic) bond motifs is 3. The zero-order chi connectivity index (χ0) is 44.2. The number of halogens is 3. The smallest absolute Gasteiger partial charge is 0.427 e. The van der Waals surface area contributed by atoms with Crippen molar-refractivity contribution in [1.82, 2.24) is 14.6 Å². The fraction of sp³-hybridized carbons (Fsp3) is 0.651. The maximum absolute atomic E-state index is 14.9. The van der Waals surface area contributed by atoms with Crippen LogP contribution in [0.15, 0.2) is 36.4 Å². The second-order valence-corrected chi connectivity index (χ2v) is 20.6. The van der Waals surface area contributed by atoms with Gasteiger partial charge in [-0.3, -0.25) is 23.9 Å². The molecule has 2 aromatic rings. The second-order valence-electron chi connectivity index (χ2n) is 18.4. The highest BCUT2D eigenvalue weighted by Gasteiger charge is 2.63. The van der Waals surface area contributed by atoms with Gasteiger partial charge in [-0.2, -0.15) is 18.2 Å². The van der Waals surface area contributed by atoms with E-state index in [0.29, 0.717) is 49.1 Å². The lowest BCUT2D eigenvalue weighted by atomic mass is 9.82. The SMILES string of the molecule is COc1ccc2c(O[C@@H]3C[C@H]4C(=O)C[C@]5(C(=O)NS(=O)(=O)C6(C)CC6)C[C@H]5/C=C\CC[C@H](C)C[C@@H](C)[C@H](CC(=O)OC(C)(C)C(F)(F)F)C(=O)N4C3)nc(N(C)C)cc2c1. The lowest BCUT2D eigenvalue weighted by Crippen LogP contribution is -2.48. The molecule has 4 aliphatic rings. The Morgan fingerprint density at radius 2 is 1.78 bits per heavy atom. The number of rotatable bonds is 10. The van der Waals surface area contributed by atoms with Gasteiger partial charge in [0, 0.05) is 32.3 Å². The number of hydrogen-bond acceptors (Lipinski definition) is 11. The van der Waals surface area contributed by atoms with E-state index in [9.17, 15) is 40.8 Å². The number of ketones is 1. The number of anilines is 1. The van der Waals surface area contributed by atoms with Crippen molar-refractivity contribution in [2.75, 3.05) is 32.6 Å².